The van der Waals surface area contributed by atoms with E-state index in [1.54, 1.807) is 33.7 Å². The molecule has 2 aliphatic heterocycles. The van der Waals surface area contributed by atoms with Crippen molar-refractivity contribution in [1.29, 1.82) is 0 Å². The molecule has 0 aliphatic carbocycles. The molecule has 1 aromatic carbocycles. The van der Waals surface area contributed by atoms with Gasteiger partial charge in [-0.05, 0) is 12.5 Å². The average molecular weight is 342 g/mol. The first-order valence-electron chi connectivity index (χ1n) is 8.57. The highest BCUT2D eigenvalue weighted by Crippen LogP contribution is 2.36. The van der Waals surface area contributed by atoms with E-state index >= 15 is 0 Å². The molecule has 2 saturated heterocycles. The second-order valence-electron chi connectivity index (χ2n) is 7.00. The van der Waals surface area contributed by atoms with Crippen molar-refractivity contribution in [3.63, 3.8) is 0 Å². The fourth-order valence-corrected chi connectivity index (χ4v) is 4.06. The Morgan fingerprint density at radius 3 is 2.00 bits per heavy atom. The van der Waals surface area contributed by atoms with E-state index in [1.165, 1.54) is 0 Å². The first-order chi connectivity index (χ1) is 11.8. The zero-order valence-electron chi connectivity index (χ0n) is 15.5. The van der Waals surface area contributed by atoms with Gasteiger partial charge in [-0.15, -0.1) is 0 Å². The molecule has 4 atom stereocenters. The van der Waals surface area contributed by atoms with Gasteiger partial charge in [-0.1, -0.05) is 42.5 Å². The van der Waals surface area contributed by atoms with Crippen molar-refractivity contribution in [2.24, 2.45) is 5.92 Å². The van der Waals surface area contributed by atoms with Crippen molar-refractivity contribution in [2.75, 3.05) is 28.2 Å². The van der Waals surface area contributed by atoms with Crippen LogP contribution in [0.2, 0.25) is 0 Å². The molecule has 2 fully saturated rings. The van der Waals surface area contributed by atoms with Crippen molar-refractivity contribution >= 4 is 18.1 Å². The zero-order chi connectivity index (χ0) is 18.3. The van der Waals surface area contributed by atoms with E-state index < -0.39 is 0 Å². The quantitative estimate of drug-likeness (QED) is 0.828. The standard InChI is InChI=1S/C19H26N4O2/c1-13-16-15(12-11-14-9-7-6-8-10-14)21(3)19(25)23(5)17(16)22(4)18(24)20(13)2/h6-13,15-17H,1-5H3/t13-,15+,16-,17+/m1/s1. The first kappa shape index (κ1) is 17.3. The van der Waals surface area contributed by atoms with Gasteiger partial charge in [0.15, 0.2) is 0 Å². The molecule has 0 unspecified atom stereocenters. The zero-order valence-corrected chi connectivity index (χ0v) is 15.5. The Balaban J connectivity index is 1.99. The van der Waals surface area contributed by atoms with E-state index in [0.29, 0.717) is 0 Å². The third kappa shape index (κ3) is 2.75. The average Bonchev–Trinajstić information content (AvgIpc) is 2.62. The maximum absolute atomic E-state index is 12.7. The summed E-state index contributed by atoms with van der Waals surface area (Å²) in [5, 5.41) is 0. The van der Waals surface area contributed by atoms with Crippen LogP contribution >= 0.6 is 0 Å². The molecule has 0 saturated carbocycles. The van der Waals surface area contributed by atoms with Crippen LogP contribution in [0.4, 0.5) is 9.59 Å². The Bertz CT molecular complexity index is 686. The Morgan fingerprint density at radius 1 is 0.840 bits per heavy atom. The number of carbonyl (C=O) groups excluding carboxylic acids is 2. The van der Waals surface area contributed by atoms with Crippen molar-refractivity contribution in [3.05, 3.63) is 42.0 Å². The Hall–Kier alpha value is -2.50. The highest BCUT2D eigenvalue weighted by atomic mass is 16.2. The van der Waals surface area contributed by atoms with Crippen LogP contribution in [0.3, 0.4) is 0 Å². The molecule has 2 aliphatic rings. The Morgan fingerprint density at radius 2 is 1.40 bits per heavy atom. The van der Waals surface area contributed by atoms with Crippen LogP contribution in [-0.2, 0) is 0 Å². The summed E-state index contributed by atoms with van der Waals surface area (Å²) in [5.41, 5.74) is 1.10. The predicted octanol–water partition coefficient (Wildman–Crippen LogP) is 2.39. The van der Waals surface area contributed by atoms with E-state index in [1.807, 2.05) is 44.4 Å². The topological polar surface area (TPSA) is 47.1 Å². The van der Waals surface area contributed by atoms with Crippen molar-refractivity contribution < 1.29 is 9.59 Å². The van der Waals surface area contributed by atoms with E-state index in [0.717, 1.165) is 5.56 Å². The summed E-state index contributed by atoms with van der Waals surface area (Å²) in [6, 6.07) is 9.87. The number of likely N-dealkylation sites (N-methyl/N-ethyl adjacent to an activating group) is 1. The minimum absolute atomic E-state index is 0.0251. The number of hydrogen-bond acceptors (Lipinski definition) is 2. The lowest BCUT2D eigenvalue weighted by Gasteiger charge is -2.57. The molecule has 6 nitrogen and oxygen atoms in total. The molecule has 0 spiro atoms. The first-order valence-corrected chi connectivity index (χ1v) is 8.57. The number of amides is 4. The molecule has 0 N–H and O–H groups in total. The van der Waals surface area contributed by atoms with E-state index in [2.05, 4.69) is 19.1 Å². The van der Waals surface area contributed by atoms with E-state index in [4.69, 9.17) is 0 Å². The molecular formula is C19H26N4O2. The summed E-state index contributed by atoms with van der Waals surface area (Å²) in [7, 11) is 7.21. The molecule has 1 aromatic rings. The van der Waals surface area contributed by atoms with Gasteiger partial charge in [0.2, 0.25) is 0 Å². The van der Waals surface area contributed by atoms with Gasteiger partial charge >= 0.3 is 12.1 Å². The number of hydrogen-bond donors (Lipinski definition) is 0. The molecule has 25 heavy (non-hydrogen) atoms. The fourth-order valence-electron chi connectivity index (χ4n) is 4.06. The second kappa shape index (κ2) is 6.43. The van der Waals surface area contributed by atoms with Crippen molar-refractivity contribution in [2.45, 2.75) is 25.2 Å². The summed E-state index contributed by atoms with van der Waals surface area (Å²) in [6.45, 7) is 2.06. The number of fused-ring (bicyclic) bond motifs is 1. The van der Waals surface area contributed by atoms with Gasteiger partial charge in [0, 0.05) is 40.2 Å². The van der Waals surface area contributed by atoms with Crippen LogP contribution in [0.15, 0.2) is 36.4 Å². The summed E-state index contributed by atoms with van der Waals surface area (Å²) in [4.78, 5) is 32.1. The minimum Gasteiger partial charge on any atom is -0.324 e. The molecule has 6 heteroatoms. The molecule has 0 radical (unpaired) electrons. The third-order valence-corrected chi connectivity index (χ3v) is 5.64. The number of rotatable bonds is 2. The van der Waals surface area contributed by atoms with Gasteiger partial charge in [-0.2, -0.15) is 0 Å². The number of nitrogens with zero attached hydrogens (tertiary/aromatic N) is 4. The fraction of sp³-hybridized carbons (Fsp3) is 0.474. The van der Waals surface area contributed by atoms with Gasteiger partial charge in [-0.25, -0.2) is 9.59 Å². The summed E-state index contributed by atoms with van der Waals surface area (Å²) >= 11 is 0. The molecule has 0 aromatic heterocycles. The molecule has 0 bridgehead atoms. The SMILES string of the molecule is C[C@@H]1[C@H]2[C@@H](N(C)C(=O)N1C)N(C)C(=O)N(C)[C@H]2C=Cc1ccccc1. The monoisotopic (exact) mass is 342 g/mol. The number of urea groups is 2. The van der Waals surface area contributed by atoms with E-state index in [-0.39, 0.29) is 36.2 Å². The predicted molar refractivity (Wildman–Crippen MR) is 97.8 cm³/mol. The number of benzene rings is 1. The maximum Gasteiger partial charge on any atom is 0.321 e. The second-order valence-corrected chi connectivity index (χ2v) is 7.00. The maximum atomic E-state index is 12.7. The molecular weight excluding hydrogens is 316 g/mol. The molecule has 4 amide bonds. The lowest BCUT2D eigenvalue weighted by molar-refractivity contribution is -0.0534. The Kier molecular flexibility index (Phi) is 4.45. The normalized spacial score (nSPS) is 30.3. The van der Waals surface area contributed by atoms with Gasteiger partial charge in [0.25, 0.3) is 0 Å². The molecule has 3 rings (SSSR count). The number of carbonyl (C=O) groups is 2. The van der Waals surface area contributed by atoms with Crippen LogP contribution in [0.25, 0.3) is 6.08 Å². The highest BCUT2D eigenvalue weighted by molar-refractivity contribution is 5.80. The minimum atomic E-state index is -0.243. The van der Waals surface area contributed by atoms with Crippen LogP contribution in [0.5, 0.6) is 0 Å². The largest absolute Gasteiger partial charge is 0.324 e. The summed E-state index contributed by atoms with van der Waals surface area (Å²) in [6.07, 6.45) is 3.90. The van der Waals surface area contributed by atoms with Crippen molar-refractivity contribution in [1.82, 2.24) is 19.6 Å². The summed E-state index contributed by atoms with van der Waals surface area (Å²) in [5.74, 6) is 0.0976. The van der Waals surface area contributed by atoms with Crippen LogP contribution < -0.4 is 0 Å². The van der Waals surface area contributed by atoms with Crippen LogP contribution in [0.1, 0.15) is 12.5 Å². The summed E-state index contributed by atoms with van der Waals surface area (Å²) < 4.78 is 0. The van der Waals surface area contributed by atoms with Crippen LogP contribution in [0, 0.1) is 5.92 Å². The molecule has 2 heterocycles. The van der Waals surface area contributed by atoms with Gasteiger partial charge in [0.1, 0.15) is 6.17 Å². The van der Waals surface area contributed by atoms with Crippen molar-refractivity contribution in [3.8, 4) is 0 Å². The molecule has 134 valence electrons. The van der Waals surface area contributed by atoms with Gasteiger partial charge in [-0.3, -0.25) is 0 Å². The lowest BCUT2D eigenvalue weighted by Crippen LogP contribution is -2.73. The van der Waals surface area contributed by atoms with Crippen LogP contribution in [-0.4, -0.2) is 78.1 Å². The lowest BCUT2D eigenvalue weighted by atomic mass is 9.82. The Labute approximate surface area is 149 Å². The third-order valence-electron chi connectivity index (χ3n) is 5.64. The van der Waals surface area contributed by atoms with E-state index in [9.17, 15) is 9.59 Å². The highest BCUT2D eigenvalue weighted by Gasteiger charge is 2.52. The smallest absolute Gasteiger partial charge is 0.321 e. The van der Waals surface area contributed by atoms with Gasteiger partial charge in [0.05, 0.1) is 6.04 Å². The van der Waals surface area contributed by atoms with Gasteiger partial charge < -0.3 is 19.6 Å².